The van der Waals surface area contributed by atoms with Crippen LogP contribution in [0.3, 0.4) is 0 Å². The average Bonchev–Trinajstić information content (AvgIpc) is 3.34. The van der Waals surface area contributed by atoms with Crippen molar-refractivity contribution in [1.29, 1.82) is 5.26 Å². The molecule has 206 valence electrons. The summed E-state index contributed by atoms with van der Waals surface area (Å²) in [5.41, 5.74) is -0.145. The lowest BCUT2D eigenvalue weighted by Gasteiger charge is -2.36. The molecule has 2 amide bonds. The van der Waals surface area contributed by atoms with Crippen molar-refractivity contribution in [3.63, 3.8) is 0 Å². The van der Waals surface area contributed by atoms with E-state index in [2.05, 4.69) is 5.32 Å². The Kier molecular flexibility index (Phi) is 10.2. The molecule has 0 spiro atoms. The molecule has 2 heterocycles. The van der Waals surface area contributed by atoms with E-state index in [9.17, 15) is 33.7 Å². The molecule has 0 radical (unpaired) electrons. The van der Waals surface area contributed by atoms with Gasteiger partial charge in [-0.05, 0) is 69.7 Å². The number of hydrogen-bond donors (Lipinski definition) is 3. The van der Waals surface area contributed by atoms with E-state index in [-0.39, 0.29) is 25.1 Å². The van der Waals surface area contributed by atoms with Gasteiger partial charge in [-0.15, -0.1) is 0 Å². The number of amides is 2. The maximum Gasteiger partial charge on any atom is 0.475 e. The molecule has 2 aliphatic heterocycles. The molecular formula is C26H35BF2N4O5. The Bertz CT molecular complexity index is 1050. The minimum absolute atomic E-state index is 0.0351. The van der Waals surface area contributed by atoms with Crippen LogP contribution in [0.2, 0.25) is 0 Å². The highest BCUT2D eigenvalue weighted by Crippen LogP contribution is 2.27. The number of likely N-dealkylation sites (tertiary alicyclic amines) is 2. The van der Waals surface area contributed by atoms with E-state index in [0.29, 0.717) is 31.5 Å². The maximum atomic E-state index is 13.7. The Morgan fingerprint density at radius 3 is 2.58 bits per heavy atom. The second-order valence-electron chi connectivity index (χ2n) is 10.4. The van der Waals surface area contributed by atoms with Crippen LogP contribution in [0.4, 0.5) is 13.6 Å². The number of rotatable bonds is 9. The van der Waals surface area contributed by atoms with E-state index in [1.807, 2.05) is 24.8 Å². The van der Waals surface area contributed by atoms with Crippen molar-refractivity contribution in [2.24, 2.45) is 0 Å². The Morgan fingerprint density at radius 2 is 1.97 bits per heavy atom. The number of alkyl carbamates (subject to hydrolysis) is 1. The molecule has 3 atom stereocenters. The molecule has 0 aliphatic carbocycles. The van der Waals surface area contributed by atoms with Gasteiger partial charge in [0.05, 0.1) is 12.0 Å². The summed E-state index contributed by atoms with van der Waals surface area (Å²) >= 11 is 0. The highest BCUT2D eigenvalue weighted by molar-refractivity contribution is 6.43. The summed E-state index contributed by atoms with van der Waals surface area (Å²) in [5.74, 6) is -2.00. The molecule has 0 aromatic heterocycles. The number of alkyl halides is 1. The third-order valence-corrected chi connectivity index (χ3v) is 7.12. The number of piperidine rings is 1. The van der Waals surface area contributed by atoms with Crippen LogP contribution in [-0.4, -0.2) is 88.9 Å². The molecule has 0 saturated carbocycles. The van der Waals surface area contributed by atoms with Crippen LogP contribution >= 0.6 is 0 Å². The second-order valence-corrected chi connectivity index (χ2v) is 10.4. The first kappa shape index (κ1) is 29.5. The minimum atomic E-state index is -1.88. The molecule has 12 heteroatoms. The molecule has 3 rings (SSSR count). The predicted octanol–water partition coefficient (Wildman–Crippen LogP) is 2.13. The molecule has 3 unspecified atom stereocenters. The monoisotopic (exact) mass is 532 g/mol. The quantitative estimate of drug-likeness (QED) is 0.253. The summed E-state index contributed by atoms with van der Waals surface area (Å²) in [5, 5.41) is 31.5. The smallest absolute Gasteiger partial charge is 0.447 e. The minimum Gasteiger partial charge on any atom is -0.447 e. The Balaban J connectivity index is 1.61. The molecule has 1 aromatic carbocycles. The summed E-state index contributed by atoms with van der Waals surface area (Å²) in [4.78, 5) is 29.2. The SMILES string of the molecule is CC(C)(C=C(C#N)C(=O)N1CCCCC1COC(=O)NC(Cc1ccc(F)cc1)B(O)O)N1CCC(F)C1. The van der Waals surface area contributed by atoms with Crippen LogP contribution in [0.1, 0.15) is 45.1 Å². The molecule has 38 heavy (non-hydrogen) atoms. The van der Waals surface area contributed by atoms with Crippen molar-refractivity contribution < 1.29 is 33.2 Å². The number of ether oxygens (including phenoxy) is 1. The van der Waals surface area contributed by atoms with Gasteiger partial charge in [-0.1, -0.05) is 12.1 Å². The predicted molar refractivity (Wildman–Crippen MR) is 137 cm³/mol. The van der Waals surface area contributed by atoms with E-state index in [1.165, 1.54) is 29.2 Å². The zero-order chi connectivity index (χ0) is 27.9. The van der Waals surface area contributed by atoms with Gasteiger partial charge < -0.3 is 25.0 Å². The molecule has 2 fully saturated rings. The van der Waals surface area contributed by atoms with Crippen molar-refractivity contribution >= 4 is 19.1 Å². The molecule has 0 bridgehead atoms. The fraction of sp³-hybridized carbons (Fsp3) is 0.577. The third kappa shape index (κ3) is 8.00. The van der Waals surface area contributed by atoms with Crippen LogP contribution in [0, 0.1) is 17.1 Å². The molecule has 2 saturated heterocycles. The normalized spacial score (nSPS) is 21.5. The van der Waals surface area contributed by atoms with Gasteiger partial charge in [0.2, 0.25) is 0 Å². The number of carbonyl (C=O) groups is 2. The van der Waals surface area contributed by atoms with Gasteiger partial charge in [-0.25, -0.2) is 13.6 Å². The summed E-state index contributed by atoms with van der Waals surface area (Å²) in [6, 6.07) is 6.95. The fourth-order valence-corrected chi connectivity index (χ4v) is 4.89. The highest BCUT2D eigenvalue weighted by atomic mass is 19.1. The lowest BCUT2D eigenvalue weighted by Crippen LogP contribution is -2.50. The first-order valence-electron chi connectivity index (χ1n) is 12.9. The lowest BCUT2D eigenvalue weighted by atomic mass is 9.76. The van der Waals surface area contributed by atoms with Crippen molar-refractivity contribution in [3.8, 4) is 6.07 Å². The van der Waals surface area contributed by atoms with Crippen molar-refractivity contribution in [3.05, 3.63) is 47.3 Å². The fourth-order valence-electron chi connectivity index (χ4n) is 4.89. The van der Waals surface area contributed by atoms with Gasteiger partial charge in [0.15, 0.2) is 0 Å². The van der Waals surface area contributed by atoms with Gasteiger partial charge in [-0.2, -0.15) is 5.26 Å². The number of benzene rings is 1. The Morgan fingerprint density at radius 1 is 1.26 bits per heavy atom. The summed E-state index contributed by atoms with van der Waals surface area (Å²) in [6.07, 6.45) is 2.32. The van der Waals surface area contributed by atoms with E-state index in [1.54, 1.807) is 6.08 Å². The zero-order valence-electron chi connectivity index (χ0n) is 21.8. The van der Waals surface area contributed by atoms with E-state index in [4.69, 9.17) is 4.74 Å². The topological polar surface area (TPSA) is 126 Å². The standard InChI is InChI=1S/C26H35BF2N4O5/c1-26(2,32-12-10-21(29)16-32)14-19(15-30)24(34)33-11-4-3-5-22(33)17-38-25(35)31-23(27(36)37)13-18-6-8-20(28)9-7-18/h6-9,14,21-23,36-37H,3-5,10-13,16-17H2,1-2H3,(H,31,35). The number of hydrogen-bond acceptors (Lipinski definition) is 7. The molecule has 1 aromatic rings. The van der Waals surface area contributed by atoms with E-state index >= 15 is 0 Å². The van der Waals surface area contributed by atoms with E-state index < -0.39 is 48.6 Å². The summed E-state index contributed by atoms with van der Waals surface area (Å²) in [6.45, 7) is 4.73. The number of halogens is 2. The molecular weight excluding hydrogens is 497 g/mol. The van der Waals surface area contributed by atoms with E-state index in [0.717, 1.165) is 12.8 Å². The number of nitrogens with zero attached hydrogens (tertiary/aromatic N) is 3. The number of carbonyl (C=O) groups excluding carboxylic acids is 2. The maximum absolute atomic E-state index is 13.7. The Hall–Kier alpha value is -3.01. The average molecular weight is 532 g/mol. The number of nitriles is 1. The molecule has 2 aliphatic rings. The van der Waals surface area contributed by atoms with Gasteiger partial charge in [0, 0.05) is 25.2 Å². The van der Waals surface area contributed by atoms with Gasteiger partial charge >= 0.3 is 13.2 Å². The van der Waals surface area contributed by atoms with Crippen molar-refractivity contribution in [1.82, 2.24) is 15.1 Å². The van der Waals surface area contributed by atoms with Crippen LogP contribution in [0.15, 0.2) is 35.9 Å². The second kappa shape index (κ2) is 13.2. The summed E-state index contributed by atoms with van der Waals surface area (Å²) < 4.78 is 32.2. The third-order valence-electron chi connectivity index (χ3n) is 7.12. The Labute approximate surface area is 222 Å². The van der Waals surface area contributed by atoms with Crippen molar-refractivity contribution in [2.75, 3.05) is 26.2 Å². The van der Waals surface area contributed by atoms with Gasteiger partial charge in [0.25, 0.3) is 5.91 Å². The van der Waals surface area contributed by atoms with Gasteiger partial charge in [-0.3, -0.25) is 9.69 Å². The number of nitrogens with one attached hydrogen (secondary N) is 1. The van der Waals surface area contributed by atoms with Crippen LogP contribution < -0.4 is 5.32 Å². The largest absolute Gasteiger partial charge is 0.475 e. The van der Waals surface area contributed by atoms with Gasteiger partial charge in [0.1, 0.15) is 30.2 Å². The van der Waals surface area contributed by atoms with Crippen molar-refractivity contribution in [2.45, 2.75) is 69.6 Å². The zero-order valence-corrected chi connectivity index (χ0v) is 21.8. The summed E-state index contributed by atoms with van der Waals surface area (Å²) in [7, 11) is -1.88. The first-order chi connectivity index (χ1) is 18.0. The molecule has 9 nitrogen and oxygen atoms in total. The lowest BCUT2D eigenvalue weighted by molar-refractivity contribution is -0.131. The van der Waals surface area contributed by atoms with Crippen LogP contribution in [-0.2, 0) is 16.0 Å². The highest BCUT2D eigenvalue weighted by Gasteiger charge is 2.35. The first-order valence-corrected chi connectivity index (χ1v) is 12.9. The van der Waals surface area contributed by atoms with Crippen LogP contribution in [0.5, 0.6) is 0 Å². The van der Waals surface area contributed by atoms with Crippen LogP contribution in [0.25, 0.3) is 0 Å². The molecule has 3 N–H and O–H groups in total.